The van der Waals surface area contributed by atoms with Crippen molar-refractivity contribution in [1.82, 2.24) is 0 Å². The van der Waals surface area contributed by atoms with E-state index >= 15 is 0 Å². The summed E-state index contributed by atoms with van der Waals surface area (Å²) in [5, 5.41) is 0. The quantitative estimate of drug-likeness (QED) is 0.228. The maximum absolute atomic E-state index is 11.9. The van der Waals surface area contributed by atoms with E-state index < -0.39 is 20.2 Å². The summed E-state index contributed by atoms with van der Waals surface area (Å²) in [6.07, 6.45) is 1.15. The maximum atomic E-state index is 11.9. The van der Waals surface area contributed by atoms with Gasteiger partial charge in [-0.3, -0.25) is 8.37 Å². The normalized spacial score (nSPS) is 11.4. The summed E-state index contributed by atoms with van der Waals surface area (Å²) in [6, 6.07) is 32.6. The first kappa shape index (κ1) is 29.3. The monoisotopic (exact) mass is 552 g/mol. The highest BCUT2D eigenvalue weighted by Gasteiger charge is 2.15. The lowest BCUT2D eigenvalue weighted by Crippen LogP contribution is -2.09. The Labute approximate surface area is 226 Å². The van der Waals surface area contributed by atoms with E-state index in [0.717, 1.165) is 22.3 Å². The Hall–Kier alpha value is -3.30. The highest BCUT2D eigenvalue weighted by molar-refractivity contribution is 7.87. The molecule has 38 heavy (non-hydrogen) atoms. The van der Waals surface area contributed by atoms with Gasteiger partial charge in [0.25, 0.3) is 20.2 Å². The Morgan fingerprint density at radius 3 is 1.11 bits per heavy atom. The van der Waals surface area contributed by atoms with Crippen LogP contribution in [0.1, 0.15) is 22.3 Å². The summed E-state index contributed by atoms with van der Waals surface area (Å²) in [4.78, 5) is 0.400. The number of benzene rings is 4. The molecule has 0 saturated carbocycles. The lowest BCUT2D eigenvalue weighted by Gasteiger charge is -2.06. The van der Waals surface area contributed by atoms with Gasteiger partial charge in [-0.2, -0.15) is 16.8 Å². The van der Waals surface area contributed by atoms with Crippen molar-refractivity contribution in [3.8, 4) is 0 Å². The van der Waals surface area contributed by atoms with E-state index in [0.29, 0.717) is 12.8 Å². The third-order valence-corrected chi connectivity index (χ3v) is 8.22. The van der Waals surface area contributed by atoms with Crippen LogP contribution in [0.3, 0.4) is 0 Å². The minimum atomic E-state index is -3.65. The van der Waals surface area contributed by atoms with E-state index in [1.54, 1.807) is 48.5 Å². The summed E-state index contributed by atoms with van der Waals surface area (Å²) in [5.74, 6) is 0. The van der Waals surface area contributed by atoms with Crippen LogP contribution in [0, 0.1) is 13.8 Å². The van der Waals surface area contributed by atoms with Crippen molar-refractivity contribution in [3.63, 3.8) is 0 Å². The molecule has 0 aliphatic heterocycles. The fourth-order valence-electron chi connectivity index (χ4n) is 3.37. The molecule has 0 spiro atoms. The smallest absolute Gasteiger partial charge is 0.266 e. The first-order valence-corrected chi connectivity index (χ1v) is 15.0. The molecule has 0 atom stereocenters. The van der Waals surface area contributed by atoms with Crippen molar-refractivity contribution < 1.29 is 25.2 Å². The summed E-state index contributed by atoms with van der Waals surface area (Å²) >= 11 is 0. The van der Waals surface area contributed by atoms with Gasteiger partial charge in [-0.25, -0.2) is 0 Å². The van der Waals surface area contributed by atoms with Gasteiger partial charge in [0.1, 0.15) is 0 Å². The molecule has 0 heterocycles. The maximum Gasteiger partial charge on any atom is 0.296 e. The molecule has 4 rings (SSSR count). The van der Waals surface area contributed by atoms with Crippen LogP contribution in [-0.2, 0) is 41.4 Å². The number of rotatable bonds is 10. The second-order valence-corrected chi connectivity index (χ2v) is 11.9. The van der Waals surface area contributed by atoms with Crippen LogP contribution in [0.4, 0.5) is 0 Å². The highest BCUT2D eigenvalue weighted by atomic mass is 32.2. The van der Waals surface area contributed by atoms with Crippen molar-refractivity contribution in [3.05, 3.63) is 131 Å². The van der Waals surface area contributed by atoms with Crippen LogP contribution >= 0.6 is 0 Å². The molecule has 0 aliphatic carbocycles. The van der Waals surface area contributed by atoms with E-state index in [4.69, 9.17) is 8.37 Å². The zero-order valence-electron chi connectivity index (χ0n) is 21.5. The molecule has 0 amide bonds. The molecule has 0 aromatic heterocycles. The van der Waals surface area contributed by atoms with Gasteiger partial charge < -0.3 is 0 Å². The predicted octanol–water partition coefficient (Wildman–Crippen LogP) is 5.89. The van der Waals surface area contributed by atoms with Gasteiger partial charge in [0.05, 0.1) is 23.0 Å². The van der Waals surface area contributed by atoms with Crippen molar-refractivity contribution in [2.75, 3.05) is 13.2 Å². The van der Waals surface area contributed by atoms with Crippen LogP contribution in [0.25, 0.3) is 0 Å². The summed E-state index contributed by atoms with van der Waals surface area (Å²) in [7, 11) is -7.29. The highest BCUT2D eigenvalue weighted by Crippen LogP contribution is 2.15. The minimum absolute atomic E-state index is 0.153. The van der Waals surface area contributed by atoms with Gasteiger partial charge in [0, 0.05) is 0 Å². The lowest BCUT2D eigenvalue weighted by atomic mass is 10.2. The zero-order valence-corrected chi connectivity index (χ0v) is 23.1. The molecular weight excluding hydrogens is 520 g/mol. The number of aryl methyl sites for hydroxylation is 2. The number of hydrogen-bond donors (Lipinski definition) is 0. The molecule has 4 aromatic carbocycles. The average Bonchev–Trinajstić information content (AvgIpc) is 2.91. The molecule has 0 radical (unpaired) electrons. The Morgan fingerprint density at radius 1 is 0.474 bits per heavy atom. The van der Waals surface area contributed by atoms with Crippen molar-refractivity contribution >= 4 is 20.2 Å². The molecule has 0 bridgehead atoms. The van der Waals surface area contributed by atoms with Crippen molar-refractivity contribution in [1.29, 1.82) is 0 Å². The van der Waals surface area contributed by atoms with E-state index in [2.05, 4.69) is 0 Å². The van der Waals surface area contributed by atoms with Crippen molar-refractivity contribution in [2.24, 2.45) is 0 Å². The Bertz CT molecular complexity index is 1350. The molecule has 200 valence electrons. The predicted molar refractivity (Wildman–Crippen MR) is 149 cm³/mol. The second kappa shape index (κ2) is 14.0. The summed E-state index contributed by atoms with van der Waals surface area (Å²) in [5.41, 5.74) is 4.15. The van der Waals surface area contributed by atoms with Crippen LogP contribution in [0.2, 0.25) is 0 Å². The molecule has 0 N–H and O–H groups in total. The van der Waals surface area contributed by atoms with E-state index in [9.17, 15) is 16.8 Å². The topological polar surface area (TPSA) is 86.7 Å². The van der Waals surface area contributed by atoms with Gasteiger partial charge in [-0.1, -0.05) is 96.1 Å². The van der Waals surface area contributed by atoms with E-state index in [1.165, 1.54) is 0 Å². The van der Waals surface area contributed by atoms with E-state index in [-0.39, 0.29) is 23.0 Å². The zero-order chi connectivity index (χ0) is 27.4. The molecular formula is C30H32O6S2. The standard InChI is InChI=1S/2C15H16O3S/c2*1-13-7-9-15(10-8-13)19(16,17)18-12-11-14-5-3-2-4-6-14/h2*2-10H,11-12H2,1H3. The summed E-state index contributed by atoms with van der Waals surface area (Å²) < 4.78 is 57.7. The Morgan fingerprint density at radius 2 is 0.789 bits per heavy atom. The van der Waals surface area contributed by atoms with Crippen molar-refractivity contribution in [2.45, 2.75) is 36.5 Å². The largest absolute Gasteiger partial charge is 0.296 e. The van der Waals surface area contributed by atoms with Crippen LogP contribution in [0.5, 0.6) is 0 Å². The second-order valence-electron chi connectivity index (χ2n) is 8.65. The van der Waals surface area contributed by atoms with Crippen LogP contribution < -0.4 is 0 Å². The molecule has 0 unspecified atom stereocenters. The Kier molecular flexibility index (Phi) is 10.8. The van der Waals surface area contributed by atoms with Crippen LogP contribution in [0.15, 0.2) is 119 Å². The minimum Gasteiger partial charge on any atom is -0.266 e. The average molecular weight is 553 g/mol. The molecule has 4 aromatic rings. The Balaban J connectivity index is 0.000000211. The fourth-order valence-corrected chi connectivity index (χ4v) is 5.19. The molecule has 6 nitrogen and oxygen atoms in total. The first-order chi connectivity index (χ1) is 18.2. The summed E-state index contributed by atoms with van der Waals surface area (Å²) in [6.45, 7) is 4.12. The van der Waals surface area contributed by atoms with Gasteiger partial charge in [-0.15, -0.1) is 0 Å². The van der Waals surface area contributed by atoms with Gasteiger partial charge in [0.15, 0.2) is 0 Å². The third kappa shape index (κ3) is 9.54. The SMILES string of the molecule is Cc1ccc(S(=O)(=O)OCCc2ccccc2)cc1.Cc1ccc(S(=O)(=O)OCCc2ccccc2)cc1. The lowest BCUT2D eigenvalue weighted by molar-refractivity contribution is 0.321. The van der Waals surface area contributed by atoms with Gasteiger partial charge in [-0.05, 0) is 62.1 Å². The first-order valence-electron chi connectivity index (χ1n) is 12.2. The number of hydrogen-bond acceptors (Lipinski definition) is 6. The van der Waals surface area contributed by atoms with Crippen LogP contribution in [-0.4, -0.2) is 30.0 Å². The fraction of sp³-hybridized carbons (Fsp3) is 0.200. The molecule has 0 fully saturated rings. The third-order valence-electron chi connectivity index (χ3n) is 5.56. The molecule has 0 saturated heterocycles. The van der Waals surface area contributed by atoms with Gasteiger partial charge >= 0.3 is 0 Å². The molecule has 8 heteroatoms. The van der Waals surface area contributed by atoms with Gasteiger partial charge in [0.2, 0.25) is 0 Å². The van der Waals surface area contributed by atoms with E-state index in [1.807, 2.05) is 74.5 Å². The molecule has 0 aliphatic rings.